The predicted octanol–water partition coefficient (Wildman–Crippen LogP) is 14.1. The van der Waals surface area contributed by atoms with Crippen LogP contribution in [0.2, 0.25) is 0 Å². The van der Waals surface area contributed by atoms with Crippen LogP contribution in [0.15, 0.2) is 0 Å². The van der Waals surface area contributed by atoms with Gasteiger partial charge in [-0.3, -0.25) is 9.69 Å². The first-order valence-corrected chi connectivity index (χ1v) is 25.5. The zero-order valence-electron chi connectivity index (χ0n) is 38.9. The maximum absolute atomic E-state index is 13.8. The molecule has 328 valence electrons. The van der Waals surface area contributed by atoms with Gasteiger partial charge in [0.2, 0.25) is 5.91 Å². The largest absolute Gasteiger partial charge is 0.343 e. The van der Waals surface area contributed by atoms with Crippen molar-refractivity contribution in [2.24, 2.45) is 0 Å². The van der Waals surface area contributed by atoms with E-state index in [0.717, 1.165) is 58.5 Å². The summed E-state index contributed by atoms with van der Waals surface area (Å²) in [6.07, 6.45) is 43.0. The second kappa shape index (κ2) is 37.6. The van der Waals surface area contributed by atoms with Crippen LogP contribution >= 0.6 is 0 Å². The smallest absolute Gasteiger partial charge is 0.222 e. The summed E-state index contributed by atoms with van der Waals surface area (Å²) in [5.41, 5.74) is 0.192. The Labute approximate surface area is 347 Å². The van der Waals surface area contributed by atoms with E-state index >= 15 is 0 Å². The molecule has 1 heterocycles. The zero-order valence-corrected chi connectivity index (χ0v) is 38.9. The monoisotopic (exact) mass is 775 g/mol. The second-order valence-electron chi connectivity index (χ2n) is 17.9. The first kappa shape index (κ1) is 52.4. The summed E-state index contributed by atoms with van der Waals surface area (Å²) in [4.78, 5) is 24.2. The first-order valence-electron chi connectivity index (χ1n) is 25.5. The summed E-state index contributed by atoms with van der Waals surface area (Å²) in [5.74, 6) is 0.438. The lowest BCUT2D eigenvalue weighted by Crippen LogP contribution is -2.59. The number of rotatable bonds is 40. The Bertz CT molecular complexity index is 770. The van der Waals surface area contributed by atoms with Gasteiger partial charge in [-0.05, 0) is 51.9 Å². The highest BCUT2D eigenvalue weighted by atomic mass is 16.2. The van der Waals surface area contributed by atoms with E-state index in [0.29, 0.717) is 5.91 Å². The Morgan fingerprint density at radius 2 is 0.764 bits per heavy atom. The van der Waals surface area contributed by atoms with Gasteiger partial charge < -0.3 is 14.7 Å². The van der Waals surface area contributed by atoms with E-state index in [1.54, 1.807) is 0 Å². The van der Waals surface area contributed by atoms with Gasteiger partial charge in [-0.25, -0.2) is 0 Å². The molecule has 0 aromatic rings. The molecule has 1 fully saturated rings. The normalized spacial score (nSPS) is 15.3. The average molecular weight is 775 g/mol. The Morgan fingerprint density at radius 3 is 1.07 bits per heavy atom. The van der Waals surface area contributed by atoms with Crippen LogP contribution in [0, 0.1) is 0 Å². The van der Waals surface area contributed by atoms with Crippen LogP contribution in [0.5, 0.6) is 0 Å². The molecule has 5 heteroatoms. The van der Waals surface area contributed by atoms with E-state index in [4.69, 9.17) is 0 Å². The van der Waals surface area contributed by atoms with Gasteiger partial charge in [-0.2, -0.15) is 0 Å². The van der Waals surface area contributed by atoms with Gasteiger partial charge in [0.1, 0.15) is 0 Å². The van der Waals surface area contributed by atoms with Crippen molar-refractivity contribution < 1.29 is 4.79 Å². The molecule has 0 spiro atoms. The highest BCUT2D eigenvalue weighted by Crippen LogP contribution is 2.28. The van der Waals surface area contributed by atoms with Crippen LogP contribution in [0.4, 0.5) is 0 Å². The molecule has 0 radical (unpaired) electrons. The molecule has 1 amide bonds. The molecule has 55 heavy (non-hydrogen) atoms. The van der Waals surface area contributed by atoms with Gasteiger partial charge >= 0.3 is 0 Å². The van der Waals surface area contributed by atoms with Crippen molar-refractivity contribution in [3.8, 4) is 0 Å². The van der Waals surface area contributed by atoms with Gasteiger partial charge in [0.05, 0.1) is 0 Å². The highest BCUT2D eigenvalue weighted by Gasteiger charge is 2.39. The van der Waals surface area contributed by atoms with Gasteiger partial charge in [0.25, 0.3) is 0 Å². The van der Waals surface area contributed by atoms with E-state index < -0.39 is 0 Å². The third kappa shape index (κ3) is 26.9. The van der Waals surface area contributed by atoms with Crippen LogP contribution in [0.25, 0.3) is 0 Å². The summed E-state index contributed by atoms with van der Waals surface area (Å²) in [6, 6.07) is 0. The third-order valence-corrected chi connectivity index (χ3v) is 13.3. The third-order valence-electron chi connectivity index (χ3n) is 13.3. The van der Waals surface area contributed by atoms with Crippen molar-refractivity contribution >= 4 is 5.91 Å². The van der Waals surface area contributed by atoms with Crippen LogP contribution in [-0.4, -0.2) is 96.5 Å². The zero-order chi connectivity index (χ0) is 40.1. The molecule has 0 aromatic heterocycles. The van der Waals surface area contributed by atoms with Crippen molar-refractivity contribution in [1.29, 1.82) is 0 Å². The van der Waals surface area contributed by atoms with Crippen molar-refractivity contribution in [3.05, 3.63) is 0 Å². The molecule has 0 unspecified atom stereocenters. The van der Waals surface area contributed by atoms with Crippen LogP contribution in [0.3, 0.4) is 0 Å². The fraction of sp³-hybridized carbons (Fsp3) is 0.980. The fourth-order valence-electron chi connectivity index (χ4n) is 9.52. The van der Waals surface area contributed by atoms with E-state index in [-0.39, 0.29) is 5.54 Å². The molecular weight excluding hydrogens is 673 g/mol. The van der Waals surface area contributed by atoms with Crippen LogP contribution in [0.1, 0.15) is 247 Å². The van der Waals surface area contributed by atoms with Gasteiger partial charge in [-0.1, -0.05) is 215 Å². The van der Waals surface area contributed by atoms with E-state index in [1.807, 2.05) is 0 Å². The average Bonchev–Trinajstić information content (AvgIpc) is 3.39. The SMILES string of the molecule is CCCCCCCCCCCCCCCCN(CCCCCCCCCCCCCCCC)C(=O)CCCCC1(N(CC)CC)CN(CC)CCN(CC)C1. The molecule has 1 aliphatic rings. The highest BCUT2D eigenvalue weighted by molar-refractivity contribution is 5.76. The Kier molecular flexibility index (Phi) is 35.8. The number of unbranched alkanes of at least 4 members (excludes halogenated alkanes) is 27. The lowest BCUT2D eigenvalue weighted by Gasteiger charge is -2.46. The fourth-order valence-corrected chi connectivity index (χ4v) is 9.52. The molecular formula is C50H102N4O. The van der Waals surface area contributed by atoms with Crippen molar-refractivity contribution in [2.45, 2.75) is 253 Å². The van der Waals surface area contributed by atoms with Gasteiger partial charge in [0.15, 0.2) is 0 Å². The van der Waals surface area contributed by atoms with Crippen LogP contribution < -0.4 is 0 Å². The minimum Gasteiger partial charge on any atom is -0.343 e. The number of carbonyl (C=O) groups is 1. The summed E-state index contributed by atoms with van der Waals surface area (Å²) in [6.45, 7) is 25.1. The number of nitrogens with zero attached hydrogens (tertiary/aromatic N) is 4. The molecule has 0 aliphatic carbocycles. The van der Waals surface area contributed by atoms with Crippen molar-refractivity contribution in [3.63, 3.8) is 0 Å². The maximum Gasteiger partial charge on any atom is 0.222 e. The molecule has 1 saturated heterocycles. The van der Waals surface area contributed by atoms with Crippen molar-refractivity contribution in [1.82, 2.24) is 19.6 Å². The molecule has 0 N–H and O–H groups in total. The summed E-state index contributed by atoms with van der Waals surface area (Å²) < 4.78 is 0. The summed E-state index contributed by atoms with van der Waals surface area (Å²) in [7, 11) is 0. The Hall–Kier alpha value is -0.650. The van der Waals surface area contributed by atoms with E-state index in [1.165, 1.54) is 212 Å². The number of likely N-dealkylation sites (N-methyl/N-ethyl adjacent to an activating group) is 3. The quantitative estimate of drug-likeness (QED) is 0.0580. The number of hydrogen-bond acceptors (Lipinski definition) is 4. The van der Waals surface area contributed by atoms with E-state index in [2.05, 4.69) is 61.1 Å². The van der Waals surface area contributed by atoms with Crippen molar-refractivity contribution in [2.75, 3.05) is 65.4 Å². The van der Waals surface area contributed by atoms with Crippen LogP contribution in [-0.2, 0) is 4.79 Å². The number of carbonyl (C=O) groups excluding carboxylic acids is 1. The number of amides is 1. The molecule has 0 saturated carbocycles. The van der Waals surface area contributed by atoms with E-state index in [9.17, 15) is 4.79 Å². The second-order valence-corrected chi connectivity index (χ2v) is 17.9. The predicted molar refractivity (Wildman–Crippen MR) is 246 cm³/mol. The molecule has 0 aromatic carbocycles. The lowest BCUT2D eigenvalue weighted by atomic mass is 9.88. The molecule has 0 atom stereocenters. The minimum absolute atomic E-state index is 0.192. The molecule has 0 bridgehead atoms. The Balaban J connectivity index is 2.51. The lowest BCUT2D eigenvalue weighted by molar-refractivity contribution is -0.131. The number of hydrogen-bond donors (Lipinski definition) is 0. The molecule has 1 rings (SSSR count). The molecule has 1 aliphatic heterocycles. The first-order chi connectivity index (χ1) is 27.0. The standard InChI is InChI=1S/C50H102N4O/c1-7-13-15-17-19-21-23-25-27-29-31-33-35-39-43-53(44-40-36-34-32-30-28-26-24-22-20-18-16-14-8-2)49(55)41-37-38-42-50(54(11-5)12-6)47-51(9-3)45-46-52(10-4)48-50/h7-48H2,1-6H3. The summed E-state index contributed by atoms with van der Waals surface area (Å²) >= 11 is 0. The van der Waals surface area contributed by atoms with Gasteiger partial charge in [-0.15, -0.1) is 0 Å². The Morgan fingerprint density at radius 1 is 0.436 bits per heavy atom. The topological polar surface area (TPSA) is 30.0 Å². The maximum atomic E-state index is 13.8. The minimum atomic E-state index is 0.192. The summed E-state index contributed by atoms with van der Waals surface area (Å²) in [5, 5.41) is 0. The molecule has 5 nitrogen and oxygen atoms in total. The van der Waals surface area contributed by atoms with Gasteiger partial charge in [0, 0.05) is 51.2 Å².